The van der Waals surface area contributed by atoms with Gasteiger partial charge in [0.2, 0.25) is 5.91 Å². The molecule has 1 aliphatic rings. The molecule has 2 aromatic carbocycles. The second-order valence-electron chi connectivity index (χ2n) is 6.27. The summed E-state index contributed by atoms with van der Waals surface area (Å²) in [6.07, 6.45) is 1.01. The molecule has 4 nitrogen and oxygen atoms in total. The third kappa shape index (κ3) is 3.88. The van der Waals surface area contributed by atoms with Gasteiger partial charge in [-0.15, -0.1) is 0 Å². The number of carbonyl (C=O) groups is 1. The number of fused-ring (bicyclic) bond motifs is 1. The van der Waals surface area contributed by atoms with E-state index in [0.717, 1.165) is 24.3 Å². The molecule has 0 aromatic heterocycles. The lowest BCUT2D eigenvalue weighted by Gasteiger charge is -2.18. The SMILES string of the molecule is Cc1ccc(OCCNC(=O)CN2CCc3ccccc32)c(C)c1. The van der Waals surface area contributed by atoms with Gasteiger partial charge >= 0.3 is 0 Å². The Balaban J connectivity index is 1.42. The molecular formula is C20H24N2O2. The van der Waals surface area contributed by atoms with Crippen LogP contribution in [-0.2, 0) is 11.2 Å². The van der Waals surface area contributed by atoms with Gasteiger partial charge in [0.15, 0.2) is 0 Å². The summed E-state index contributed by atoms with van der Waals surface area (Å²) in [6.45, 7) is 6.40. The molecule has 1 heterocycles. The van der Waals surface area contributed by atoms with Crippen molar-refractivity contribution in [1.82, 2.24) is 5.32 Å². The molecule has 0 fully saturated rings. The van der Waals surface area contributed by atoms with Crippen LogP contribution in [0.15, 0.2) is 42.5 Å². The number of amides is 1. The second-order valence-corrected chi connectivity index (χ2v) is 6.27. The van der Waals surface area contributed by atoms with E-state index in [4.69, 9.17) is 4.74 Å². The van der Waals surface area contributed by atoms with E-state index in [-0.39, 0.29) is 5.91 Å². The first kappa shape index (κ1) is 16.4. The Kier molecular flexibility index (Phi) is 5.04. The van der Waals surface area contributed by atoms with Crippen LogP contribution < -0.4 is 15.0 Å². The second kappa shape index (κ2) is 7.39. The first-order valence-corrected chi connectivity index (χ1v) is 8.43. The van der Waals surface area contributed by atoms with Crippen molar-refractivity contribution in [2.45, 2.75) is 20.3 Å². The number of hydrogen-bond donors (Lipinski definition) is 1. The zero-order chi connectivity index (χ0) is 16.9. The molecule has 0 bridgehead atoms. The highest BCUT2D eigenvalue weighted by molar-refractivity contribution is 5.82. The first-order chi connectivity index (χ1) is 11.6. The third-order valence-corrected chi connectivity index (χ3v) is 4.33. The number of aryl methyl sites for hydroxylation is 2. The average molecular weight is 324 g/mol. The highest BCUT2D eigenvalue weighted by atomic mass is 16.5. The molecule has 0 atom stereocenters. The van der Waals surface area contributed by atoms with E-state index in [1.807, 2.05) is 31.2 Å². The number of hydrogen-bond acceptors (Lipinski definition) is 3. The lowest BCUT2D eigenvalue weighted by Crippen LogP contribution is -2.38. The van der Waals surface area contributed by atoms with Crippen LogP contribution in [0.5, 0.6) is 5.75 Å². The summed E-state index contributed by atoms with van der Waals surface area (Å²) >= 11 is 0. The van der Waals surface area contributed by atoms with Crippen molar-refractivity contribution in [3.05, 3.63) is 59.2 Å². The van der Waals surface area contributed by atoms with E-state index in [1.54, 1.807) is 0 Å². The predicted molar refractivity (Wildman–Crippen MR) is 96.8 cm³/mol. The topological polar surface area (TPSA) is 41.6 Å². The van der Waals surface area contributed by atoms with Gasteiger partial charge in [-0.2, -0.15) is 0 Å². The molecule has 0 saturated carbocycles. The molecule has 0 spiro atoms. The summed E-state index contributed by atoms with van der Waals surface area (Å²) < 4.78 is 5.74. The molecule has 2 aromatic rings. The molecule has 3 rings (SSSR count). The zero-order valence-corrected chi connectivity index (χ0v) is 14.3. The molecule has 126 valence electrons. The minimum Gasteiger partial charge on any atom is -0.491 e. The Hall–Kier alpha value is -2.49. The van der Waals surface area contributed by atoms with Gasteiger partial charge in [-0.25, -0.2) is 0 Å². The van der Waals surface area contributed by atoms with Gasteiger partial charge in [-0.1, -0.05) is 35.9 Å². The molecule has 1 N–H and O–H groups in total. The number of carbonyl (C=O) groups excluding carboxylic acids is 1. The lowest BCUT2D eigenvalue weighted by atomic mass is 10.1. The molecular weight excluding hydrogens is 300 g/mol. The number of rotatable bonds is 6. The van der Waals surface area contributed by atoms with Crippen LogP contribution in [0.3, 0.4) is 0 Å². The number of para-hydroxylation sites is 1. The normalized spacial score (nSPS) is 12.8. The van der Waals surface area contributed by atoms with Gasteiger partial charge in [-0.05, 0) is 43.5 Å². The van der Waals surface area contributed by atoms with Gasteiger partial charge in [-0.3, -0.25) is 4.79 Å². The Labute approximate surface area is 143 Å². The Morgan fingerprint density at radius 3 is 2.88 bits per heavy atom. The van der Waals surface area contributed by atoms with Crippen molar-refractivity contribution in [3.8, 4) is 5.75 Å². The van der Waals surface area contributed by atoms with Crippen LogP contribution in [0, 0.1) is 13.8 Å². The minimum absolute atomic E-state index is 0.0379. The fraction of sp³-hybridized carbons (Fsp3) is 0.350. The van der Waals surface area contributed by atoms with Crippen LogP contribution in [0.25, 0.3) is 0 Å². The predicted octanol–water partition coefficient (Wildman–Crippen LogP) is 2.86. The third-order valence-electron chi connectivity index (χ3n) is 4.33. The molecule has 0 saturated heterocycles. The average Bonchev–Trinajstić information content (AvgIpc) is 2.96. The summed E-state index contributed by atoms with van der Waals surface area (Å²) in [5.41, 5.74) is 4.84. The van der Waals surface area contributed by atoms with Gasteiger partial charge < -0.3 is 15.0 Å². The smallest absolute Gasteiger partial charge is 0.239 e. The van der Waals surface area contributed by atoms with E-state index >= 15 is 0 Å². The van der Waals surface area contributed by atoms with Crippen LogP contribution in [0.1, 0.15) is 16.7 Å². The largest absolute Gasteiger partial charge is 0.491 e. The number of anilines is 1. The maximum absolute atomic E-state index is 12.1. The molecule has 24 heavy (non-hydrogen) atoms. The van der Waals surface area contributed by atoms with Gasteiger partial charge in [0.1, 0.15) is 12.4 Å². The van der Waals surface area contributed by atoms with E-state index < -0.39 is 0 Å². The highest BCUT2D eigenvalue weighted by Crippen LogP contribution is 2.26. The van der Waals surface area contributed by atoms with Crippen molar-refractivity contribution >= 4 is 11.6 Å². The van der Waals surface area contributed by atoms with E-state index in [9.17, 15) is 4.79 Å². The summed E-state index contributed by atoms with van der Waals surface area (Å²) in [6, 6.07) is 14.4. The van der Waals surface area contributed by atoms with Crippen LogP contribution >= 0.6 is 0 Å². The Morgan fingerprint density at radius 1 is 1.21 bits per heavy atom. The van der Waals surface area contributed by atoms with Crippen molar-refractivity contribution in [1.29, 1.82) is 0 Å². The molecule has 0 radical (unpaired) electrons. The molecule has 1 aliphatic heterocycles. The molecule has 0 unspecified atom stereocenters. The standard InChI is InChI=1S/C20H24N2O2/c1-15-7-8-19(16(2)13-15)24-12-10-21-20(23)14-22-11-9-17-5-3-4-6-18(17)22/h3-8,13H,9-12,14H2,1-2H3,(H,21,23). The van der Waals surface area contributed by atoms with Gasteiger partial charge in [0.05, 0.1) is 13.1 Å². The Bertz CT molecular complexity index is 727. The quantitative estimate of drug-likeness (QED) is 0.831. The number of benzene rings is 2. The molecule has 4 heteroatoms. The fourth-order valence-electron chi connectivity index (χ4n) is 3.11. The summed E-state index contributed by atoms with van der Waals surface area (Å²) in [4.78, 5) is 14.3. The monoisotopic (exact) mass is 324 g/mol. The molecule has 0 aliphatic carbocycles. The summed E-state index contributed by atoms with van der Waals surface area (Å²) in [7, 11) is 0. The van der Waals surface area contributed by atoms with Crippen molar-refractivity contribution in [3.63, 3.8) is 0 Å². The van der Waals surface area contributed by atoms with Crippen molar-refractivity contribution in [2.75, 3.05) is 31.1 Å². The zero-order valence-electron chi connectivity index (χ0n) is 14.3. The van der Waals surface area contributed by atoms with Gasteiger partial charge in [0, 0.05) is 12.2 Å². The maximum Gasteiger partial charge on any atom is 0.239 e. The summed E-state index contributed by atoms with van der Waals surface area (Å²) in [5.74, 6) is 0.916. The maximum atomic E-state index is 12.1. The minimum atomic E-state index is 0.0379. The van der Waals surface area contributed by atoms with Crippen molar-refractivity contribution in [2.24, 2.45) is 0 Å². The van der Waals surface area contributed by atoms with Crippen LogP contribution in [0.4, 0.5) is 5.69 Å². The number of nitrogens with zero attached hydrogens (tertiary/aromatic N) is 1. The van der Waals surface area contributed by atoms with E-state index in [1.165, 1.54) is 16.8 Å². The van der Waals surface area contributed by atoms with Crippen LogP contribution in [-0.4, -0.2) is 32.1 Å². The molecule has 1 amide bonds. The van der Waals surface area contributed by atoms with E-state index in [2.05, 4.69) is 35.3 Å². The van der Waals surface area contributed by atoms with Crippen molar-refractivity contribution < 1.29 is 9.53 Å². The number of ether oxygens (including phenoxy) is 1. The van der Waals surface area contributed by atoms with Gasteiger partial charge in [0.25, 0.3) is 0 Å². The first-order valence-electron chi connectivity index (χ1n) is 8.43. The van der Waals surface area contributed by atoms with E-state index in [0.29, 0.717) is 19.7 Å². The van der Waals surface area contributed by atoms with Crippen LogP contribution in [0.2, 0.25) is 0 Å². The lowest BCUT2D eigenvalue weighted by molar-refractivity contribution is -0.119. The Morgan fingerprint density at radius 2 is 2.04 bits per heavy atom. The summed E-state index contributed by atoms with van der Waals surface area (Å²) in [5, 5.41) is 2.94. The number of nitrogens with one attached hydrogen (secondary N) is 1. The fourth-order valence-corrected chi connectivity index (χ4v) is 3.11. The highest BCUT2D eigenvalue weighted by Gasteiger charge is 2.20.